The molecule has 3 aromatic rings. The molecule has 0 saturated carbocycles. The molecule has 3 heteroatoms. The molecule has 1 aliphatic carbocycles. The van der Waals surface area contributed by atoms with Gasteiger partial charge in [-0.2, -0.15) is 0 Å². The van der Waals surface area contributed by atoms with Gasteiger partial charge < -0.3 is 5.11 Å². The number of nitrogens with zero attached hydrogens (tertiary/aromatic N) is 1. The number of aromatic carboxylic acids is 1. The summed E-state index contributed by atoms with van der Waals surface area (Å²) in [6.45, 7) is 6.63. The third-order valence-electron chi connectivity index (χ3n) is 5.50. The number of carboxylic acid groups (broad SMARTS) is 1. The van der Waals surface area contributed by atoms with E-state index in [1.165, 1.54) is 5.56 Å². The molecule has 2 aromatic carbocycles. The van der Waals surface area contributed by atoms with Crippen LogP contribution in [0, 0.1) is 0 Å². The zero-order chi connectivity index (χ0) is 19.9. The molecule has 1 heterocycles. The number of hydrogen-bond donors (Lipinski definition) is 1. The fourth-order valence-corrected chi connectivity index (χ4v) is 4.00. The van der Waals surface area contributed by atoms with Crippen LogP contribution in [0.2, 0.25) is 0 Å². The fraction of sp³-hybridized carbons (Fsp3) is 0.280. The Bertz CT molecular complexity index is 1090. The summed E-state index contributed by atoms with van der Waals surface area (Å²) >= 11 is 0. The summed E-state index contributed by atoms with van der Waals surface area (Å²) in [6.07, 6.45) is 4.78. The Labute approximate surface area is 165 Å². The molecule has 0 bridgehead atoms. The molecule has 0 spiro atoms. The molecule has 142 valence electrons. The number of benzene rings is 2. The number of hydrogen-bond acceptors (Lipinski definition) is 2. The Balaban J connectivity index is 1.85. The molecular formula is C25H25NO2. The van der Waals surface area contributed by atoms with Gasteiger partial charge in [0.05, 0.1) is 16.8 Å². The Hall–Kier alpha value is -2.94. The number of fused-ring (bicyclic) bond motifs is 2. The number of para-hydroxylation sites is 1. The summed E-state index contributed by atoms with van der Waals surface area (Å²) in [4.78, 5) is 16.9. The Morgan fingerprint density at radius 1 is 1.04 bits per heavy atom. The van der Waals surface area contributed by atoms with Crippen molar-refractivity contribution in [2.75, 3.05) is 0 Å². The number of rotatable bonds is 2. The lowest BCUT2D eigenvalue weighted by Crippen LogP contribution is -2.13. The highest BCUT2D eigenvalue weighted by molar-refractivity contribution is 6.05. The first kappa shape index (κ1) is 18.4. The highest BCUT2D eigenvalue weighted by Crippen LogP contribution is 2.36. The van der Waals surface area contributed by atoms with Crippen molar-refractivity contribution in [3.05, 3.63) is 76.5 Å². The largest absolute Gasteiger partial charge is 0.478 e. The van der Waals surface area contributed by atoms with E-state index in [-0.39, 0.29) is 5.41 Å². The molecule has 1 N–H and O–H groups in total. The molecule has 0 unspecified atom stereocenters. The van der Waals surface area contributed by atoms with E-state index in [4.69, 9.17) is 4.98 Å². The van der Waals surface area contributed by atoms with Gasteiger partial charge in [0.1, 0.15) is 0 Å². The van der Waals surface area contributed by atoms with E-state index in [2.05, 4.69) is 51.1 Å². The SMILES string of the molecule is CC(C)(C)c1ccc(C=C2CCCc3c2nc2ccccc2c3C(=O)O)cc1. The third kappa shape index (κ3) is 3.33. The van der Waals surface area contributed by atoms with Gasteiger partial charge in [0.15, 0.2) is 0 Å². The summed E-state index contributed by atoms with van der Waals surface area (Å²) in [5.41, 5.74) is 6.55. The second-order valence-electron chi connectivity index (χ2n) is 8.53. The van der Waals surface area contributed by atoms with Gasteiger partial charge in [-0.15, -0.1) is 0 Å². The van der Waals surface area contributed by atoms with Gasteiger partial charge in [-0.05, 0) is 59.1 Å². The van der Waals surface area contributed by atoms with Crippen LogP contribution >= 0.6 is 0 Å². The van der Waals surface area contributed by atoms with Crippen LogP contribution in [0.1, 0.15) is 66.4 Å². The molecule has 0 atom stereocenters. The second kappa shape index (κ2) is 6.90. The molecule has 0 amide bonds. The summed E-state index contributed by atoms with van der Waals surface area (Å²) in [5.74, 6) is -0.870. The standard InChI is InChI=1S/C25H25NO2/c1-25(2,3)18-13-11-16(12-14-18)15-17-7-6-9-20-22(24(27)28)19-8-4-5-10-21(19)26-23(17)20/h4-5,8,10-15H,6-7,9H2,1-3H3,(H,27,28). The number of pyridine rings is 1. The number of aromatic nitrogens is 1. The van der Waals surface area contributed by atoms with Crippen LogP contribution in [-0.4, -0.2) is 16.1 Å². The predicted octanol–water partition coefficient (Wildman–Crippen LogP) is 6.11. The first-order valence-corrected chi connectivity index (χ1v) is 9.81. The highest BCUT2D eigenvalue weighted by atomic mass is 16.4. The van der Waals surface area contributed by atoms with E-state index in [0.29, 0.717) is 5.56 Å². The lowest BCUT2D eigenvalue weighted by Gasteiger charge is -2.22. The minimum absolute atomic E-state index is 0.125. The van der Waals surface area contributed by atoms with E-state index >= 15 is 0 Å². The molecule has 3 nitrogen and oxygen atoms in total. The lowest BCUT2D eigenvalue weighted by molar-refractivity contribution is 0.0697. The zero-order valence-corrected chi connectivity index (χ0v) is 16.6. The molecule has 1 aromatic heterocycles. The summed E-state index contributed by atoms with van der Waals surface area (Å²) in [6, 6.07) is 16.2. The van der Waals surface area contributed by atoms with Gasteiger partial charge in [0, 0.05) is 5.39 Å². The topological polar surface area (TPSA) is 50.2 Å². The Morgan fingerprint density at radius 3 is 2.43 bits per heavy atom. The molecule has 0 fully saturated rings. The van der Waals surface area contributed by atoms with Crippen molar-refractivity contribution in [3.8, 4) is 0 Å². The highest BCUT2D eigenvalue weighted by Gasteiger charge is 2.24. The van der Waals surface area contributed by atoms with Crippen LogP contribution in [0.4, 0.5) is 0 Å². The monoisotopic (exact) mass is 371 g/mol. The molecular weight excluding hydrogens is 346 g/mol. The van der Waals surface area contributed by atoms with E-state index in [1.807, 2.05) is 24.3 Å². The molecule has 1 aliphatic rings. The first-order chi connectivity index (χ1) is 13.3. The normalized spacial score (nSPS) is 15.6. The van der Waals surface area contributed by atoms with Gasteiger partial charge in [-0.3, -0.25) is 0 Å². The number of allylic oxidation sites excluding steroid dienone is 1. The first-order valence-electron chi connectivity index (χ1n) is 9.81. The van der Waals surface area contributed by atoms with E-state index in [0.717, 1.165) is 52.6 Å². The molecule has 0 radical (unpaired) electrons. The van der Waals surface area contributed by atoms with E-state index < -0.39 is 5.97 Å². The third-order valence-corrected chi connectivity index (χ3v) is 5.50. The van der Waals surface area contributed by atoms with Gasteiger partial charge in [0.25, 0.3) is 0 Å². The Kier molecular flexibility index (Phi) is 4.54. The van der Waals surface area contributed by atoms with Crippen molar-refractivity contribution in [1.82, 2.24) is 4.98 Å². The average molecular weight is 371 g/mol. The average Bonchev–Trinajstić information content (AvgIpc) is 2.66. The van der Waals surface area contributed by atoms with E-state index in [1.54, 1.807) is 0 Å². The van der Waals surface area contributed by atoms with Gasteiger partial charge in [-0.1, -0.05) is 63.2 Å². The smallest absolute Gasteiger partial charge is 0.336 e. The molecule has 28 heavy (non-hydrogen) atoms. The number of carboxylic acids is 1. The van der Waals surface area contributed by atoms with Gasteiger partial charge >= 0.3 is 5.97 Å². The van der Waals surface area contributed by atoms with Crippen molar-refractivity contribution >= 4 is 28.5 Å². The maximum Gasteiger partial charge on any atom is 0.336 e. The summed E-state index contributed by atoms with van der Waals surface area (Å²) in [7, 11) is 0. The minimum atomic E-state index is -0.870. The van der Waals surface area contributed by atoms with Crippen LogP contribution in [0.15, 0.2) is 48.5 Å². The van der Waals surface area contributed by atoms with Crippen molar-refractivity contribution in [2.24, 2.45) is 0 Å². The van der Waals surface area contributed by atoms with Gasteiger partial charge in [0.2, 0.25) is 0 Å². The van der Waals surface area contributed by atoms with E-state index in [9.17, 15) is 9.90 Å². The van der Waals surface area contributed by atoms with Crippen molar-refractivity contribution in [1.29, 1.82) is 0 Å². The summed E-state index contributed by atoms with van der Waals surface area (Å²) < 4.78 is 0. The summed E-state index contributed by atoms with van der Waals surface area (Å²) in [5, 5.41) is 10.6. The number of carbonyl (C=O) groups is 1. The van der Waals surface area contributed by atoms with Crippen LogP contribution in [0.25, 0.3) is 22.6 Å². The van der Waals surface area contributed by atoms with Gasteiger partial charge in [-0.25, -0.2) is 9.78 Å². The molecule has 0 saturated heterocycles. The van der Waals surface area contributed by atoms with Crippen molar-refractivity contribution in [3.63, 3.8) is 0 Å². The lowest BCUT2D eigenvalue weighted by atomic mass is 9.85. The predicted molar refractivity (Wildman–Crippen MR) is 115 cm³/mol. The zero-order valence-electron chi connectivity index (χ0n) is 16.6. The second-order valence-corrected chi connectivity index (χ2v) is 8.53. The quantitative estimate of drug-likeness (QED) is 0.591. The van der Waals surface area contributed by atoms with Crippen LogP contribution in [-0.2, 0) is 11.8 Å². The maximum absolute atomic E-state index is 12.0. The fourth-order valence-electron chi connectivity index (χ4n) is 4.00. The van der Waals surface area contributed by atoms with Crippen LogP contribution in [0.3, 0.4) is 0 Å². The maximum atomic E-state index is 12.0. The molecule has 0 aliphatic heterocycles. The van der Waals surface area contributed by atoms with Crippen molar-refractivity contribution in [2.45, 2.75) is 45.4 Å². The van der Waals surface area contributed by atoms with Crippen LogP contribution < -0.4 is 0 Å². The Morgan fingerprint density at radius 2 is 1.75 bits per heavy atom. The van der Waals surface area contributed by atoms with Crippen LogP contribution in [0.5, 0.6) is 0 Å². The van der Waals surface area contributed by atoms with Crippen molar-refractivity contribution < 1.29 is 9.90 Å². The minimum Gasteiger partial charge on any atom is -0.478 e. The molecule has 4 rings (SSSR count).